The van der Waals surface area contributed by atoms with Crippen molar-refractivity contribution in [2.45, 2.75) is 6.92 Å². The summed E-state index contributed by atoms with van der Waals surface area (Å²) >= 11 is 0. The van der Waals surface area contributed by atoms with Crippen LogP contribution in [0.5, 0.6) is 0 Å². The lowest BCUT2D eigenvalue weighted by atomic mass is 10.1. The third-order valence-electron chi connectivity index (χ3n) is 2.44. The van der Waals surface area contributed by atoms with Crippen molar-refractivity contribution in [1.82, 2.24) is 4.98 Å². The normalized spacial score (nSPS) is 10.1. The van der Waals surface area contributed by atoms with Gasteiger partial charge in [-0.3, -0.25) is 26.1 Å². The number of hydrazine groups is 1. The number of anilines is 2. The summed E-state index contributed by atoms with van der Waals surface area (Å²) in [6, 6.07) is 3.81. The standard InChI is InChI=1S/C11H11N5O4/c1-6-5-20-11(13-6)14-10(17)8-4-7(15-12)2-3-9(8)16(18)19/h2-5,15H,12H2,1H3,(H,13,14,17). The lowest BCUT2D eigenvalue weighted by Gasteiger charge is -2.05. The number of hydrogen-bond acceptors (Lipinski definition) is 7. The number of amides is 1. The van der Waals surface area contributed by atoms with Gasteiger partial charge in [-0.25, -0.2) is 0 Å². The van der Waals surface area contributed by atoms with E-state index in [0.717, 1.165) is 0 Å². The predicted octanol–water partition coefficient (Wildman–Crippen LogP) is 1.43. The number of nitrogens with two attached hydrogens (primary N) is 1. The van der Waals surface area contributed by atoms with E-state index in [0.29, 0.717) is 11.4 Å². The molecule has 1 heterocycles. The van der Waals surface area contributed by atoms with Crippen molar-refractivity contribution in [2.75, 3.05) is 10.7 Å². The van der Waals surface area contributed by atoms with Crippen molar-refractivity contribution in [3.8, 4) is 0 Å². The number of hydrogen-bond donors (Lipinski definition) is 3. The Morgan fingerprint density at radius 1 is 1.50 bits per heavy atom. The Morgan fingerprint density at radius 2 is 2.25 bits per heavy atom. The Bertz CT molecular complexity index is 667. The maximum absolute atomic E-state index is 12.0. The second-order valence-electron chi connectivity index (χ2n) is 3.88. The van der Waals surface area contributed by atoms with Gasteiger partial charge in [0.15, 0.2) is 0 Å². The minimum absolute atomic E-state index is 0.0343. The quantitative estimate of drug-likeness (QED) is 0.436. The first-order chi connectivity index (χ1) is 9.51. The van der Waals surface area contributed by atoms with Gasteiger partial charge in [0, 0.05) is 11.8 Å². The molecule has 1 aromatic carbocycles. The number of nitrogens with one attached hydrogen (secondary N) is 2. The Hall–Kier alpha value is -2.94. The number of benzene rings is 1. The Morgan fingerprint density at radius 3 is 2.80 bits per heavy atom. The maximum atomic E-state index is 12.0. The van der Waals surface area contributed by atoms with Crippen LogP contribution in [-0.2, 0) is 0 Å². The molecule has 1 amide bonds. The highest BCUT2D eigenvalue weighted by Crippen LogP contribution is 2.23. The SMILES string of the molecule is Cc1coc(NC(=O)c2cc(NN)ccc2[N+](=O)[O-])n1. The molecule has 0 aliphatic rings. The van der Waals surface area contributed by atoms with Crippen LogP contribution in [0.4, 0.5) is 17.4 Å². The monoisotopic (exact) mass is 277 g/mol. The second kappa shape index (κ2) is 5.36. The van der Waals surface area contributed by atoms with Gasteiger partial charge in [-0.2, -0.15) is 4.98 Å². The Labute approximate surface area is 112 Å². The van der Waals surface area contributed by atoms with E-state index in [1.165, 1.54) is 24.5 Å². The van der Waals surface area contributed by atoms with Gasteiger partial charge in [0.05, 0.1) is 10.6 Å². The zero-order valence-corrected chi connectivity index (χ0v) is 10.4. The largest absolute Gasteiger partial charge is 0.432 e. The molecule has 2 aromatic rings. The van der Waals surface area contributed by atoms with E-state index in [9.17, 15) is 14.9 Å². The molecule has 0 aliphatic heterocycles. The number of oxazole rings is 1. The summed E-state index contributed by atoms with van der Waals surface area (Å²) in [5.74, 6) is 4.51. The van der Waals surface area contributed by atoms with Gasteiger partial charge < -0.3 is 9.84 Å². The van der Waals surface area contributed by atoms with Gasteiger partial charge in [-0.05, 0) is 19.1 Å². The number of nitro benzene ring substituents is 1. The molecule has 4 N–H and O–H groups in total. The van der Waals surface area contributed by atoms with E-state index in [-0.39, 0.29) is 17.3 Å². The molecule has 9 heteroatoms. The molecular weight excluding hydrogens is 266 g/mol. The molecule has 0 fully saturated rings. The molecule has 0 spiro atoms. The number of aromatic nitrogens is 1. The molecule has 20 heavy (non-hydrogen) atoms. The highest BCUT2D eigenvalue weighted by atomic mass is 16.6. The van der Waals surface area contributed by atoms with Gasteiger partial charge in [0.2, 0.25) is 0 Å². The molecule has 0 aliphatic carbocycles. The van der Waals surface area contributed by atoms with Crippen molar-refractivity contribution in [3.63, 3.8) is 0 Å². The molecule has 2 rings (SSSR count). The zero-order valence-electron chi connectivity index (χ0n) is 10.4. The van der Waals surface area contributed by atoms with Crippen LogP contribution in [0.3, 0.4) is 0 Å². The minimum Gasteiger partial charge on any atom is -0.432 e. The highest BCUT2D eigenvalue weighted by molar-refractivity contribution is 6.06. The van der Waals surface area contributed by atoms with Crippen molar-refractivity contribution >= 4 is 23.3 Å². The summed E-state index contributed by atoms with van der Waals surface area (Å²) in [4.78, 5) is 26.2. The number of nitrogens with zero attached hydrogens (tertiary/aromatic N) is 2. The summed E-state index contributed by atoms with van der Waals surface area (Å²) in [7, 11) is 0. The average molecular weight is 277 g/mol. The molecule has 0 saturated heterocycles. The van der Waals surface area contributed by atoms with Crippen LogP contribution in [0.1, 0.15) is 16.1 Å². The number of nitrogen functional groups attached to an aromatic ring is 1. The molecule has 0 unspecified atom stereocenters. The van der Waals surface area contributed by atoms with Crippen LogP contribution in [-0.4, -0.2) is 15.8 Å². The molecule has 0 radical (unpaired) electrons. The second-order valence-corrected chi connectivity index (χ2v) is 3.88. The topological polar surface area (TPSA) is 136 Å². The first-order valence-electron chi connectivity index (χ1n) is 5.50. The van der Waals surface area contributed by atoms with Gasteiger partial charge in [-0.15, -0.1) is 0 Å². The summed E-state index contributed by atoms with van der Waals surface area (Å²) in [6.45, 7) is 1.68. The maximum Gasteiger partial charge on any atom is 0.301 e. The van der Waals surface area contributed by atoms with Gasteiger partial charge in [0.25, 0.3) is 11.6 Å². The summed E-state index contributed by atoms with van der Waals surface area (Å²) in [5, 5.41) is 13.3. The third kappa shape index (κ3) is 2.72. The lowest BCUT2D eigenvalue weighted by molar-refractivity contribution is -0.385. The van der Waals surface area contributed by atoms with Crippen molar-refractivity contribution < 1.29 is 14.1 Å². The van der Waals surface area contributed by atoms with E-state index in [2.05, 4.69) is 15.7 Å². The molecule has 104 valence electrons. The fraction of sp³-hybridized carbons (Fsp3) is 0.0909. The molecule has 1 aromatic heterocycles. The van der Waals surface area contributed by atoms with Crippen LogP contribution < -0.4 is 16.6 Å². The van der Waals surface area contributed by atoms with E-state index >= 15 is 0 Å². The number of carbonyl (C=O) groups is 1. The number of carbonyl (C=O) groups excluding carboxylic acids is 1. The Kier molecular flexibility index (Phi) is 3.62. The van der Waals surface area contributed by atoms with Gasteiger partial charge in [-0.1, -0.05) is 0 Å². The van der Waals surface area contributed by atoms with Crippen molar-refractivity contribution in [2.24, 2.45) is 5.84 Å². The van der Waals surface area contributed by atoms with Crippen LogP contribution in [0.2, 0.25) is 0 Å². The van der Waals surface area contributed by atoms with E-state index < -0.39 is 10.8 Å². The fourth-order valence-electron chi connectivity index (χ4n) is 1.54. The number of rotatable bonds is 4. The highest BCUT2D eigenvalue weighted by Gasteiger charge is 2.21. The summed E-state index contributed by atoms with van der Waals surface area (Å²) < 4.78 is 4.96. The first-order valence-corrected chi connectivity index (χ1v) is 5.50. The van der Waals surface area contributed by atoms with E-state index in [1.807, 2.05) is 0 Å². The molecule has 0 saturated carbocycles. The zero-order chi connectivity index (χ0) is 14.7. The fourth-order valence-corrected chi connectivity index (χ4v) is 1.54. The van der Waals surface area contributed by atoms with Crippen LogP contribution in [0, 0.1) is 17.0 Å². The van der Waals surface area contributed by atoms with Crippen molar-refractivity contribution in [3.05, 3.63) is 45.8 Å². The van der Waals surface area contributed by atoms with Gasteiger partial charge in [0.1, 0.15) is 11.8 Å². The molecule has 0 atom stereocenters. The van der Waals surface area contributed by atoms with E-state index in [1.54, 1.807) is 6.92 Å². The van der Waals surface area contributed by atoms with Crippen LogP contribution >= 0.6 is 0 Å². The molecule has 0 bridgehead atoms. The van der Waals surface area contributed by atoms with Crippen LogP contribution in [0.15, 0.2) is 28.9 Å². The van der Waals surface area contributed by atoms with Crippen LogP contribution in [0.25, 0.3) is 0 Å². The minimum atomic E-state index is -0.712. The first kappa shape index (κ1) is 13.5. The van der Waals surface area contributed by atoms with Crippen molar-refractivity contribution in [1.29, 1.82) is 0 Å². The summed E-state index contributed by atoms with van der Waals surface area (Å²) in [6.07, 6.45) is 1.35. The molecular formula is C11H11N5O4. The smallest absolute Gasteiger partial charge is 0.301 e. The average Bonchev–Trinajstić information content (AvgIpc) is 2.83. The third-order valence-corrected chi connectivity index (χ3v) is 2.44. The summed E-state index contributed by atoms with van der Waals surface area (Å²) in [5.41, 5.74) is 2.76. The Balaban J connectivity index is 2.34. The van der Waals surface area contributed by atoms with E-state index in [4.69, 9.17) is 10.3 Å². The predicted molar refractivity (Wildman–Crippen MR) is 70.1 cm³/mol. The molecule has 9 nitrogen and oxygen atoms in total. The number of aryl methyl sites for hydroxylation is 1. The van der Waals surface area contributed by atoms with Gasteiger partial charge >= 0.3 is 6.01 Å². The number of nitro groups is 1. The lowest BCUT2D eigenvalue weighted by Crippen LogP contribution is -2.15.